The minimum atomic E-state index is 0.630. The molecule has 0 aromatic carbocycles. The molecular formula is C23H38. The Bertz CT molecular complexity index is 417. The van der Waals surface area contributed by atoms with Crippen LogP contribution in [0.1, 0.15) is 91.4 Å². The van der Waals surface area contributed by atoms with Gasteiger partial charge in [-0.05, 0) is 55.8 Å². The predicted molar refractivity (Wildman–Crippen MR) is 104 cm³/mol. The molecule has 0 radical (unpaired) electrons. The van der Waals surface area contributed by atoms with E-state index in [4.69, 9.17) is 0 Å². The summed E-state index contributed by atoms with van der Waals surface area (Å²) in [7, 11) is 0. The maximum absolute atomic E-state index is 2.43. The van der Waals surface area contributed by atoms with Gasteiger partial charge >= 0.3 is 0 Å². The zero-order valence-electron chi connectivity index (χ0n) is 15.8. The molecule has 2 atom stereocenters. The van der Waals surface area contributed by atoms with Crippen LogP contribution in [0.4, 0.5) is 0 Å². The Hall–Kier alpha value is -0.780. The van der Waals surface area contributed by atoms with Gasteiger partial charge in [-0.1, -0.05) is 88.8 Å². The van der Waals surface area contributed by atoms with Crippen LogP contribution in [-0.4, -0.2) is 0 Å². The highest BCUT2D eigenvalue weighted by Crippen LogP contribution is 2.51. The van der Waals surface area contributed by atoms with Gasteiger partial charge in [-0.15, -0.1) is 0 Å². The van der Waals surface area contributed by atoms with Gasteiger partial charge in [-0.3, -0.25) is 0 Å². The van der Waals surface area contributed by atoms with Crippen molar-refractivity contribution >= 4 is 0 Å². The van der Waals surface area contributed by atoms with Crippen LogP contribution in [0.2, 0.25) is 0 Å². The summed E-state index contributed by atoms with van der Waals surface area (Å²) < 4.78 is 0. The van der Waals surface area contributed by atoms with Crippen LogP contribution < -0.4 is 0 Å². The predicted octanol–water partition coefficient (Wildman–Crippen LogP) is 7.62. The molecule has 0 amide bonds. The van der Waals surface area contributed by atoms with Gasteiger partial charge < -0.3 is 0 Å². The Morgan fingerprint density at radius 1 is 0.957 bits per heavy atom. The summed E-state index contributed by atoms with van der Waals surface area (Å²) in [5.41, 5.74) is 2.33. The van der Waals surface area contributed by atoms with Crippen molar-refractivity contribution in [2.45, 2.75) is 91.4 Å². The van der Waals surface area contributed by atoms with E-state index in [0.717, 1.165) is 11.8 Å². The minimum Gasteiger partial charge on any atom is -0.0805 e. The molecule has 0 heterocycles. The fraction of sp³-hybridized carbons (Fsp3) is 0.739. The summed E-state index contributed by atoms with van der Waals surface area (Å²) in [6.45, 7) is 7.12. The van der Waals surface area contributed by atoms with E-state index < -0.39 is 0 Å². The summed E-state index contributed by atoms with van der Waals surface area (Å²) in [4.78, 5) is 0. The third-order valence-electron chi connectivity index (χ3n) is 6.09. The van der Waals surface area contributed by atoms with Gasteiger partial charge in [-0.25, -0.2) is 0 Å². The standard InChI is InChI=1S/C23H38/c1-4-7-12-20-17-22(21-13-10-8-9-11-14-21)19-23(18-20,15-5-2)16-6-3/h8-11,13,20,22H,4-7,12,14-19H2,1-3H3. The van der Waals surface area contributed by atoms with E-state index in [-0.39, 0.29) is 0 Å². The third-order valence-corrected chi connectivity index (χ3v) is 6.09. The van der Waals surface area contributed by atoms with Crippen molar-refractivity contribution in [2.75, 3.05) is 0 Å². The van der Waals surface area contributed by atoms with E-state index in [1.165, 1.54) is 70.6 Å². The molecule has 0 nitrogen and oxygen atoms in total. The van der Waals surface area contributed by atoms with Crippen molar-refractivity contribution in [3.05, 3.63) is 36.0 Å². The zero-order chi connectivity index (χ0) is 16.5. The highest BCUT2D eigenvalue weighted by molar-refractivity contribution is 5.25. The molecule has 2 unspecified atom stereocenters. The molecule has 0 bridgehead atoms. The Kier molecular flexibility index (Phi) is 7.66. The number of hydrogen-bond acceptors (Lipinski definition) is 0. The zero-order valence-corrected chi connectivity index (χ0v) is 15.8. The van der Waals surface area contributed by atoms with Gasteiger partial charge in [0.25, 0.3) is 0 Å². The Balaban J connectivity index is 2.17. The topological polar surface area (TPSA) is 0 Å². The molecule has 2 rings (SSSR count). The fourth-order valence-corrected chi connectivity index (χ4v) is 5.27. The first-order valence-corrected chi connectivity index (χ1v) is 10.2. The molecule has 0 aromatic rings. The molecule has 2 aliphatic rings. The third kappa shape index (κ3) is 5.37. The summed E-state index contributed by atoms with van der Waals surface area (Å²) in [6, 6.07) is 0. The van der Waals surface area contributed by atoms with Gasteiger partial charge in [-0.2, -0.15) is 0 Å². The van der Waals surface area contributed by atoms with Crippen LogP contribution in [0.3, 0.4) is 0 Å². The van der Waals surface area contributed by atoms with E-state index in [2.05, 4.69) is 51.2 Å². The molecule has 0 saturated heterocycles. The lowest BCUT2D eigenvalue weighted by Crippen LogP contribution is -2.34. The van der Waals surface area contributed by atoms with Crippen LogP contribution in [-0.2, 0) is 0 Å². The molecule has 130 valence electrons. The maximum Gasteiger partial charge on any atom is -0.0130 e. The summed E-state index contributed by atoms with van der Waals surface area (Å²) in [6.07, 6.45) is 26.8. The summed E-state index contributed by atoms with van der Waals surface area (Å²) >= 11 is 0. The Morgan fingerprint density at radius 2 is 1.74 bits per heavy atom. The first kappa shape index (κ1) is 18.6. The molecule has 0 aliphatic heterocycles. The second-order valence-corrected chi connectivity index (χ2v) is 8.11. The number of unbranched alkanes of at least 4 members (excludes halogenated alkanes) is 1. The Morgan fingerprint density at radius 3 is 2.43 bits per heavy atom. The van der Waals surface area contributed by atoms with E-state index in [1.807, 2.05) is 0 Å². The van der Waals surface area contributed by atoms with Crippen molar-refractivity contribution in [3.8, 4) is 0 Å². The van der Waals surface area contributed by atoms with Crippen molar-refractivity contribution in [1.82, 2.24) is 0 Å². The van der Waals surface area contributed by atoms with Gasteiger partial charge in [0, 0.05) is 0 Å². The molecule has 0 spiro atoms. The smallest absolute Gasteiger partial charge is 0.0130 e. The molecule has 1 saturated carbocycles. The lowest BCUT2D eigenvalue weighted by atomic mass is 9.59. The Labute approximate surface area is 145 Å². The van der Waals surface area contributed by atoms with Gasteiger partial charge in [0.15, 0.2) is 0 Å². The van der Waals surface area contributed by atoms with Crippen molar-refractivity contribution in [3.63, 3.8) is 0 Å². The summed E-state index contributed by atoms with van der Waals surface area (Å²) in [5, 5.41) is 0. The van der Waals surface area contributed by atoms with E-state index >= 15 is 0 Å². The summed E-state index contributed by atoms with van der Waals surface area (Å²) in [5.74, 6) is 1.79. The van der Waals surface area contributed by atoms with Crippen LogP contribution >= 0.6 is 0 Å². The maximum atomic E-state index is 2.43. The highest BCUT2D eigenvalue weighted by atomic mass is 14.4. The number of hydrogen-bond donors (Lipinski definition) is 0. The normalized spacial score (nSPS) is 26.8. The largest absolute Gasteiger partial charge is 0.0805 e. The lowest BCUT2D eigenvalue weighted by molar-refractivity contribution is 0.0762. The van der Waals surface area contributed by atoms with Gasteiger partial charge in [0.2, 0.25) is 0 Å². The second-order valence-electron chi connectivity index (χ2n) is 8.11. The molecule has 2 aliphatic carbocycles. The van der Waals surface area contributed by atoms with Crippen LogP contribution in [0.5, 0.6) is 0 Å². The molecule has 0 aromatic heterocycles. The minimum absolute atomic E-state index is 0.630. The van der Waals surface area contributed by atoms with Crippen molar-refractivity contribution in [1.29, 1.82) is 0 Å². The number of rotatable bonds is 8. The molecular weight excluding hydrogens is 276 g/mol. The highest BCUT2D eigenvalue weighted by Gasteiger charge is 2.39. The molecule has 0 N–H and O–H groups in total. The van der Waals surface area contributed by atoms with Gasteiger partial charge in [0.05, 0.1) is 0 Å². The SMILES string of the molecule is CCCCC1CC(C2=CC=CC=CC2)CC(CCC)(CCC)C1. The average Bonchev–Trinajstić information content (AvgIpc) is 2.82. The van der Waals surface area contributed by atoms with Crippen LogP contribution in [0, 0.1) is 17.3 Å². The monoisotopic (exact) mass is 314 g/mol. The quantitative estimate of drug-likeness (QED) is 0.432. The van der Waals surface area contributed by atoms with Crippen LogP contribution in [0.25, 0.3) is 0 Å². The fourth-order valence-electron chi connectivity index (χ4n) is 5.27. The van der Waals surface area contributed by atoms with Crippen molar-refractivity contribution < 1.29 is 0 Å². The van der Waals surface area contributed by atoms with E-state index in [9.17, 15) is 0 Å². The van der Waals surface area contributed by atoms with Crippen LogP contribution in [0.15, 0.2) is 36.0 Å². The van der Waals surface area contributed by atoms with Crippen molar-refractivity contribution in [2.24, 2.45) is 17.3 Å². The van der Waals surface area contributed by atoms with E-state index in [1.54, 1.807) is 5.57 Å². The molecule has 1 fully saturated rings. The molecule has 23 heavy (non-hydrogen) atoms. The van der Waals surface area contributed by atoms with E-state index in [0.29, 0.717) is 5.41 Å². The second kappa shape index (κ2) is 9.50. The number of allylic oxidation sites excluding steroid dienone is 6. The first-order valence-electron chi connectivity index (χ1n) is 10.2. The average molecular weight is 315 g/mol. The first-order chi connectivity index (χ1) is 11.2. The van der Waals surface area contributed by atoms with Gasteiger partial charge in [0.1, 0.15) is 0 Å². The molecule has 0 heteroatoms. The lowest BCUT2D eigenvalue weighted by Gasteiger charge is -2.46.